The number of likely N-dealkylation sites (N-methyl/N-ethyl adjacent to an activating group) is 1. The molecule has 0 aromatic heterocycles. The third-order valence-corrected chi connectivity index (χ3v) is 3.72. The predicted molar refractivity (Wildman–Crippen MR) is 75.1 cm³/mol. The van der Waals surface area contributed by atoms with Crippen LogP contribution in [0.1, 0.15) is 23.2 Å². The van der Waals surface area contributed by atoms with E-state index in [0.717, 1.165) is 12.0 Å². The molecule has 104 valence electrons. The molecule has 2 rings (SSSR count). The van der Waals surface area contributed by atoms with Crippen LogP contribution in [-0.2, 0) is 4.74 Å². The number of aliphatic hydroxyl groups is 1. The highest BCUT2D eigenvalue weighted by Crippen LogP contribution is 2.27. The van der Waals surface area contributed by atoms with Crippen molar-refractivity contribution >= 4 is 23.6 Å². The average Bonchev–Trinajstić information content (AvgIpc) is 2.39. The lowest BCUT2D eigenvalue weighted by Crippen LogP contribution is -2.46. The number of anilines is 1. The molecule has 0 unspecified atom stereocenters. The molecule has 0 spiro atoms. The van der Waals surface area contributed by atoms with Crippen molar-refractivity contribution in [3.05, 3.63) is 28.8 Å². The van der Waals surface area contributed by atoms with Gasteiger partial charge < -0.3 is 14.7 Å². The van der Waals surface area contributed by atoms with Crippen molar-refractivity contribution in [1.82, 2.24) is 0 Å². The maximum atomic E-state index is 11.1. The first kappa shape index (κ1) is 14.3. The third kappa shape index (κ3) is 3.47. The Balaban J connectivity index is 2.17. The summed E-state index contributed by atoms with van der Waals surface area (Å²) in [5.74, 6) is 0. The minimum Gasteiger partial charge on any atom is -0.388 e. The van der Waals surface area contributed by atoms with Crippen LogP contribution in [0.4, 0.5) is 5.69 Å². The molecule has 19 heavy (non-hydrogen) atoms. The average molecular weight is 284 g/mol. The Morgan fingerprint density at radius 1 is 1.47 bits per heavy atom. The van der Waals surface area contributed by atoms with Gasteiger partial charge in [0.1, 0.15) is 0 Å². The van der Waals surface area contributed by atoms with Gasteiger partial charge in [-0.15, -0.1) is 0 Å². The van der Waals surface area contributed by atoms with E-state index in [1.54, 1.807) is 18.2 Å². The van der Waals surface area contributed by atoms with Crippen LogP contribution in [0.3, 0.4) is 0 Å². The second-order valence-electron chi connectivity index (χ2n) is 5.01. The fourth-order valence-electron chi connectivity index (χ4n) is 2.38. The summed E-state index contributed by atoms with van der Waals surface area (Å²) in [6.07, 6.45) is 2.01. The van der Waals surface area contributed by atoms with Crippen molar-refractivity contribution in [2.45, 2.75) is 18.4 Å². The highest BCUT2D eigenvalue weighted by Gasteiger charge is 2.31. The van der Waals surface area contributed by atoms with Gasteiger partial charge in [-0.25, -0.2) is 0 Å². The molecule has 1 aliphatic rings. The normalized spacial score (nSPS) is 18.1. The van der Waals surface area contributed by atoms with Crippen LogP contribution < -0.4 is 4.90 Å². The molecule has 0 bridgehead atoms. The molecule has 1 aromatic carbocycles. The van der Waals surface area contributed by atoms with Crippen LogP contribution in [0, 0.1) is 0 Å². The highest BCUT2D eigenvalue weighted by molar-refractivity contribution is 6.31. The fraction of sp³-hybridized carbons (Fsp3) is 0.500. The first-order chi connectivity index (χ1) is 9.04. The molecule has 1 fully saturated rings. The lowest BCUT2D eigenvalue weighted by atomic mass is 9.93. The Kier molecular flexibility index (Phi) is 4.45. The summed E-state index contributed by atoms with van der Waals surface area (Å²) in [6, 6.07) is 5.12. The van der Waals surface area contributed by atoms with Crippen molar-refractivity contribution in [3.8, 4) is 0 Å². The molecule has 0 saturated carbocycles. The number of rotatable bonds is 4. The van der Waals surface area contributed by atoms with Gasteiger partial charge >= 0.3 is 0 Å². The number of carbonyl (C=O) groups is 1. The molecule has 1 aromatic rings. The number of ether oxygens (including phenoxy) is 1. The Morgan fingerprint density at radius 2 is 2.16 bits per heavy atom. The first-order valence-electron chi connectivity index (χ1n) is 6.30. The van der Waals surface area contributed by atoms with Gasteiger partial charge in [-0.1, -0.05) is 11.6 Å². The second-order valence-corrected chi connectivity index (χ2v) is 5.45. The minimum absolute atomic E-state index is 0.456. The maximum Gasteiger partial charge on any atom is 0.152 e. The van der Waals surface area contributed by atoms with E-state index in [2.05, 4.69) is 0 Å². The Bertz CT molecular complexity index is 458. The number of carbonyl (C=O) groups excluding carboxylic acids is 1. The summed E-state index contributed by atoms with van der Waals surface area (Å²) in [5, 5.41) is 11.1. The van der Waals surface area contributed by atoms with Crippen LogP contribution >= 0.6 is 11.6 Å². The topological polar surface area (TPSA) is 49.8 Å². The van der Waals surface area contributed by atoms with Gasteiger partial charge in [0.2, 0.25) is 0 Å². The summed E-state index contributed by atoms with van der Waals surface area (Å²) in [7, 11) is 1.85. The van der Waals surface area contributed by atoms with Gasteiger partial charge in [-0.2, -0.15) is 0 Å². The van der Waals surface area contributed by atoms with Crippen LogP contribution in [0.5, 0.6) is 0 Å². The number of hydrogen-bond acceptors (Lipinski definition) is 4. The molecule has 0 aliphatic carbocycles. The summed E-state index contributed by atoms with van der Waals surface area (Å²) in [4.78, 5) is 12.9. The molecular formula is C14H18ClNO3. The molecule has 0 atom stereocenters. The van der Waals surface area contributed by atoms with Crippen LogP contribution in [0.2, 0.25) is 5.02 Å². The van der Waals surface area contributed by atoms with Crippen molar-refractivity contribution in [1.29, 1.82) is 0 Å². The molecule has 1 heterocycles. The van der Waals surface area contributed by atoms with Crippen LogP contribution in [0.15, 0.2) is 18.2 Å². The first-order valence-corrected chi connectivity index (χ1v) is 6.68. The highest BCUT2D eigenvalue weighted by atomic mass is 35.5. The van der Waals surface area contributed by atoms with E-state index in [1.165, 1.54) is 0 Å². The van der Waals surface area contributed by atoms with Gasteiger partial charge in [0, 0.05) is 55.9 Å². The summed E-state index contributed by atoms with van der Waals surface area (Å²) < 4.78 is 5.26. The van der Waals surface area contributed by atoms with E-state index in [0.29, 0.717) is 43.2 Å². The monoisotopic (exact) mass is 283 g/mol. The largest absolute Gasteiger partial charge is 0.388 e. The smallest absolute Gasteiger partial charge is 0.152 e. The molecule has 1 saturated heterocycles. The van der Waals surface area contributed by atoms with Gasteiger partial charge in [0.15, 0.2) is 6.29 Å². The number of nitrogens with zero attached hydrogens (tertiary/aromatic N) is 1. The minimum atomic E-state index is -0.768. The molecule has 1 aliphatic heterocycles. The number of benzene rings is 1. The van der Waals surface area contributed by atoms with E-state index in [9.17, 15) is 9.90 Å². The molecule has 0 amide bonds. The standard InChI is InChI=1S/C14H18ClNO3/c1-16(10-14(18)4-6-19-7-5-14)13-8-12(15)3-2-11(13)9-17/h2-3,8-9,18H,4-7,10H2,1H3. The van der Waals surface area contributed by atoms with Gasteiger partial charge in [-0.3, -0.25) is 4.79 Å². The zero-order valence-corrected chi connectivity index (χ0v) is 11.7. The third-order valence-electron chi connectivity index (χ3n) is 3.49. The Labute approximate surface area is 117 Å². The van der Waals surface area contributed by atoms with Crippen molar-refractivity contribution in [2.24, 2.45) is 0 Å². The zero-order chi connectivity index (χ0) is 13.9. The number of hydrogen-bond donors (Lipinski definition) is 1. The lowest BCUT2D eigenvalue weighted by Gasteiger charge is -2.36. The Hall–Kier alpha value is -1.10. The quantitative estimate of drug-likeness (QED) is 0.860. The van der Waals surface area contributed by atoms with Gasteiger partial charge in [0.25, 0.3) is 0 Å². The van der Waals surface area contributed by atoms with Gasteiger partial charge in [-0.05, 0) is 18.2 Å². The lowest BCUT2D eigenvalue weighted by molar-refractivity contribution is -0.0572. The summed E-state index contributed by atoms with van der Waals surface area (Å²) >= 11 is 5.97. The molecular weight excluding hydrogens is 266 g/mol. The van der Waals surface area contributed by atoms with E-state index in [-0.39, 0.29) is 0 Å². The van der Waals surface area contributed by atoms with E-state index < -0.39 is 5.60 Å². The zero-order valence-electron chi connectivity index (χ0n) is 10.9. The summed E-state index contributed by atoms with van der Waals surface area (Å²) in [5.41, 5.74) is 0.542. The van der Waals surface area contributed by atoms with E-state index >= 15 is 0 Å². The molecule has 4 nitrogen and oxygen atoms in total. The molecule has 0 radical (unpaired) electrons. The fourth-order valence-corrected chi connectivity index (χ4v) is 2.55. The number of halogens is 1. The SMILES string of the molecule is CN(CC1(O)CCOCC1)c1cc(Cl)ccc1C=O. The number of aldehydes is 1. The second kappa shape index (κ2) is 5.90. The van der Waals surface area contributed by atoms with Crippen LogP contribution in [0.25, 0.3) is 0 Å². The molecule has 5 heteroatoms. The predicted octanol–water partition coefficient (Wildman–Crippen LogP) is 2.13. The van der Waals surface area contributed by atoms with Crippen molar-refractivity contribution in [2.75, 3.05) is 31.7 Å². The van der Waals surface area contributed by atoms with Crippen molar-refractivity contribution in [3.63, 3.8) is 0 Å². The van der Waals surface area contributed by atoms with E-state index in [1.807, 2.05) is 11.9 Å². The van der Waals surface area contributed by atoms with Crippen molar-refractivity contribution < 1.29 is 14.6 Å². The van der Waals surface area contributed by atoms with Gasteiger partial charge in [0.05, 0.1) is 5.60 Å². The van der Waals surface area contributed by atoms with E-state index in [4.69, 9.17) is 16.3 Å². The summed E-state index contributed by atoms with van der Waals surface area (Å²) in [6.45, 7) is 1.60. The van der Waals surface area contributed by atoms with Crippen LogP contribution in [-0.4, -0.2) is 43.8 Å². The Morgan fingerprint density at radius 3 is 2.79 bits per heavy atom. The molecule has 1 N–H and O–H groups in total. The maximum absolute atomic E-state index is 11.1.